The maximum Gasteiger partial charge on any atom is 0.313 e. The van der Waals surface area contributed by atoms with Gasteiger partial charge in [-0.2, -0.15) is 0 Å². The molecule has 1 aromatic rings. The monoisotopic (exact) mass is 254 g/mol. The molecular weight excluding hydrogens is 239 g/mol. The summed E-state index contributed by atoms with van der Waals surface area (Å²) < 4.78 is 12.6. The maximum absolute atomic E-state index is 12.6. The summed E-state index contributed by atoms with van der Waals surface area (Å²) in [7, 11) is 0. The van der Waals surface area contributed by atoms with Crippen LogP contribution in [0.4, 0.5) is 10.1 Å². The highest BCUT2D eigenvalue weighted by molar-refractivity contribution is 6.39. The van der Waals surface area contributed by atoms with Crippen LogP contribution in [0, 0.1) is 11.7 Å². The number of benzene rings is 1. The van der Waals surface area contributed by atoms with E-state index in [9.17, 15) is 14.0 Å². The van der Waals surface area contributed by atoms with Crippen LogP contribution >= 0.6 is 0 Å². The fourth-order valence-electron chi connectivity index (χ4n) is 1.13. The first-order valence-electron chi connectivity index (χ1n) is 5.48. The van der Waals surface area contributed by atoms with Gasteiger partial charge in [0.1, 0.15) is 5.82 Å². The second-order valence-corrected chi connectivity index (χ2v) is 3.96. The molecule has 0 bridgehead atoms. The Kier molecular flexibility index (Phi) is 5.26. The average Bonchev–Trinajstić information content (AvgIpc) is 2.38. The molecule has 3 N–H and O–H groups in total. The standard InChI is InChI=1S/C12H15FN2O3/c1-8(7-16)6-14-11(17)12(18)15-10-4-2-9(13)3-5-10/h2-5,8,16H,6-7H2,1H3,(H,14,17)(H,15,18). The van der Waals surface area contributed by atoms with Crippen molar-refractivity contribution in [2.45, 2.75) is 6.92 Å². The number of carbonyl (C=O) groups excluding carboxylic acids is 2. The summed E-state index contributed by atoms with van der Waals surface area (Å²) in [6.45, 7) is 1.88. The van der Waals surface area contributed by atoms with Gasteiger partial charge in [0.15, 0.2) is 0 Å². The predicted molar refractivity (Wildman–Crippen MR) is 64.3 cm³/mol. The van der Waals surface area contributed by atoms with Gasteiger partial charge >= 0.3 is 11.8 Å². The van der Waals surface area contributed by atoms with Crippen molar-refractivity contribution in [1.29, 1.82) is 0 Å². The molecule has 1 aromatic carbocycles. The zero-order chi connectivity index (χ0) is 13.5. The van der Waals surface area contributed by atoms with Crippen LogP contribution in [0.5, 0.6) is 0 Å². The summed E-state index contributed by atoms with van der Waals surface area (Å²) in [6, 6.07) is 5.08. The van der Waals surface area contributed by atoms with Gasteiger partial charge in [-0.3, -0.25) is 9.59 Å². The van der Waals surface area contributed by atoms with Crippen molar-refractivity contribution >= 4 is 17.5 Å². The Hall–Kier alpha value is -1.95. The molecule has 1 unspecified atom stereocenters. The third kappa shape index (κ3) is 4.50. The molecule has 2 amide bonds. The summed E-state index contributed by atoms with van der Waals surface area (Å²) in [5.41, 5.74) is 0.340. The highest BCUT2D eigenvalue weighted by Gasteiger charge is 2.14. The lowest BCUT2D eigenvalue weighted by atomic mass is 10.2. The molecule has 6 heteroatoms. The van der Waals surface area contributed by atoms with Crippen molar-refractivity contribution in [1.82, 2.24) is 5.32 Å². The van der Waals surface area contributed by atoms with Crippen LogP contribution in [-0.4, -0.2) is 30.1 Å². The van der Waals surface area contributed by atoms with Gasteiger partial charge < -0.3 is 15.7 Å². The van der Waals surface area contributed by atoms with E-state index in [2.05, 4.69) is 10.6 Å². The molecule has 0 radical (unpaired) electrons. The lowest BCUT2D eigenvalue weighted by Crippen LogP contribution is -2.38. The van der Waals surface area contributed by atoms with Crippen molar-refractivity contribution in [3.05, 3.63) is 30.1 Å². The molecule has 0 aliphatic carbocycles. The molecule has 0 aromatic heterocycles. The van der Waals surface area contributed by atoms with Crippen LogP contribution in [0.15, 0.2) is 24.3 Å². The Balaban J connectivity index is 2.45. The molecule has 0 saturated heterocycles. The predicted octanol–water partition coefficient (Wildman–Crippen LogP) is 0.509. The number of aliphatic hydroxyl groups excluding tert-OH is 1. The summed E-state index contributed by atoms with van der Waals surface area (Å²) in [5, 5.41) is 13.5. The van der Waals surface area contributed by atoms with Gasteiger partial charge in [-0.25, -0.2) is 4.39 Å². The lowest BCUT2D eigenvalue weighted by molar-refractivity contribution is -0.136. The van der Waals surface area contributed by atoms with Crippen LogP contribution in [0.2, 0.25) is 0 Å². The van der Waals surface area contributed by atoms with Gasteiger partial charge in [0.05, 0.1) is 0 Å². The number of carbonyl (C=O) groups is 2. The third-order valence-corrected chi connectivity index (χ3v) is 2.23. The summed E-state index contributed by atoms with van der Waals surface area (Å²) in [6.07, 6.45) is 0. The maximum atomic E-state index is 12.6. The SMILES string of the molecule is CC(CO)CNC(=O)C(=O)Nc1ccc(F)cc1. The molecule has 0 saturated carbocycles. The second kappa shape index (κ2) is 6.70. The zero-order valence-corrected chi connectivity index (χ0v) is 9.94. The van der Waals surface area contributed by atoms with Crippen molar-refractivity contribution < 1.29 is 19.1 Å². The average molecular weight is 254 g/mol. The molecular formula is C12H15FN2O3. The first kappa shape index (κ1) is 14.1. The van der Waals surface area contributed by atoms with Crippen molar-refractivity contribution in [2.24, 2.45) is 5.92 Å². The topological polar surface area (TPSA) is 78.4 Å². The van der Waals surface area contributed by atoms with Crippen LogP contribution in [0.3, 0.4) is 0 Å². The van der Waals surface area contributed by atoms with E-state index in [-0.39, 0.29) is 19.1 Å². The Morgan fingerprint density at radius 1 is 1.28 bits per heavy atom. The first-order chi connectivity index (χ1) is 8.52. The number of aliphatic hydroxyl groups is 1. The molecule has 1 atom stereocenters. The minimum atomic E-state index is -0.827. The number of anilines is 1. The van der Waals surface area contributed by atoms with Crippen LogP contribution in [-0.2, 0) is 9.59 Å². The highest BCUT2D eigenvalue weighted by Crippen LogP contribution is 2.07. The largest absolute Gasteiger partial charge is 0.396 e. The third-order valence-electron chi connectivity index (χ3n) is 2.23. The molecule has 0 aliphatic rings. The van der Waals surface area contributed by atoms with Crippen molar-refractivity contribution in [3.8, 4) is 0 Å². The van der Waals surface area contributed by atoms with Crippen LogP contribution in [0.1, 0.15) is 6.92 Å². The van der Waals surface area contributed by atoms with Crippen molar-refractivity contribution in [3.63, 3.8) is 0 Å². The summed E-state index contributed by atoms with van der Waals surface area (Å²) in [4.78, 5) is 22.8. The molecule has 0 heterocycles. The van der Waals surface area contributed by atoms with E-state index in [1.165, 1.54) is 24.3 Å². The fraction of sp³-hybridized carbons (Fsp3) is 0.333. The van der Waals surface area contributed by atoms with Gasteiger partial charge in [0, 0.05) is 18.8 Å². The number of hydrogen-bond acceptors (Lipinski definition) is 3. The van der Waals surface area contributed by atoms with Gasteiger partial charge in [-0.1, -0.05) is 6.92 Å². The summed E-state index contributed by atoms with van der Waals surface area (Å²) >= 11 is 0. The van der Waals surface area contributed by atoms with Gasteiger partial charge in [0.25, 0.3) is 0 Å². The minimum Gasteiger partial charge on any atom is -0.396 e. The number of rotatable bonds is 4. The Morgan fingerprint density at radius 2 is 1.89 bits per heavy atom. The van der Waals surface area contributed by atoms with Gasteiger partial charge in [-0.15, -0.1) is 0 Å². The molecule has 5 nitrogen and oxygen atoms in total. The molecule has 0 spiro atoms. The first-order valence-corrected chi connectivity index (χ1v) is 5.48. The fourth-order valence-corrected chi connectivity index (χ4v) is 1.13. The van der Waals surface area contributed by atoms with E-state index in [0.717, 1.165) is 0 Å². The van der Waals surface area contributed by atoms with Crippen LogP contribution < -0.4 is 10.6 Å². The van der Waals surface area contributed by atoms with Gasteiger partial charge in [-0.05, 0) is 30.2 Å². The molecule has 18 heavy (non-hydrogen) atoms. The zero-order valence-electron chi connectivity index (χ0n) is 9.94. The lowest BCUT2D eigenvalue weighted by Gasteiger charge is -2.09. The van der Waals surface area contributed by atoms with Crippen LogP contribution in [0.25, 0.3) is 0 Å². The van der Waals surface area contributed by atoms with Crippen molar-refractivity contribution in [2.75, 3.05) is 18.5 Å². The second-order valence-electron chi connectivity index (χ2n) is 3.96. The number of amides is 2. The molecule has 1 rings (SSSR count). The van der Waals surface area contributed by atoms with E-state index >= 15 is 0 Å². The van der Waals surface area contributed by atoms with E-state index in [1.807, 2.05) is 0 Å². The number of hydrogen-bond donors (Lipinski definition) is 3. The summed E-state index contributed by atoms with van der Waals surface area (Å²) in [5.74, 6) is -2.16. The van der Waals surface area contributed by atoms with E-state index in [1.54, 1.807) is 6.92 Å². The van der Waals surface area contributed by atoms with E-state index in [4.69, 9.17) is 5.11 Å². The van der Waals surface area contributed by atoms with Gasteiger partial charge in [0.2, 0.25) is 0 Å². The Morgan fingerprint density at radius 3 is 2.44 bits per heavy atom. The number of halogens is 1. The quantitative estimate of drug-likeness (QED) is 0.685. The van der Waals surface area contributed by atoms with E-state index < -0.39 is 17.6 Å². The molecule has 0 aliphatic heterocycles. The normalized spacial score (nSPS) is 11.7. The molecule has 0 fully saturated rings. The number of nitrogens with one attached hydrogen (secondary N) is 2. The Bertz CT molecular complexity index is 420. The smallest absolute Gasteiger partial charge is 0.313 e. The Labute approximate surface area is 104 Å². The molecule has 98 valence electrons. The highest BCUT2D eigenvalue weighted by atomic mass is 19.1. The van der Waals surface area contributed by atoms with E-state index in [0.29, 0.717) is 5.69 Å². The minimum absolute atomic E-state index is 0.0696.